The summed E-state index contributed by atoms with van der Waals surface area (Å²) in [6, 6.07) is 66.8. The van der Waals surface area contributed by atoms with Crippen LogP contribution in [0.1, 0.15) is 0 Å². The summed E-state index contributed by atoms with van der Waals surface area (Å²) in [5.41, 5.74) is 14.3. The van der Waals surface area contributed by atoms with Crippen molar-refractivity contribution in [3.05, 3.63) is 188 Å². The maximum Gasteiger partial charge on any atom is 0.144 e. The average Bonchev–Trinajstić information content (AvgIpc) is 3.59. The fraction of sp³-hybridized carbons (Fsp3) is 0. The molecule has 2 heteroatoms. The van der Waals surface area contributed by atoms with Crippen LogP contribution < -0.4 is 0 Å². The highest BCUT2D eigenvalue weighted by Gasteiger charge is 2.18. The van der Waals surface area contributed by atoms with E-state index in [0.717, 1.165) is 60.4 Å². The van der Waals surface area contributed by atoms with E-state index >= 15 is 0 Å². The number of para-hydroxylation sites is 1. The van der Waals surface area contributed by atoms with Crippen molar-refractivity contribution in [2.75, 3.05) is 0 Å². The summed E-state index contributed by atoms with van der Waals surface area (Å²) in [6.07, 6.45) is 0. The molecule has 0 amide bonds. The number of furan rings is 1. The Hall–Kier alpha value is -6.77. The maximum atomic E-state index is 6.70. The summed E-state index contributed by atoms with van der Waals surface area (Å²) in [5, 5.41) is 5.51. The Morgan fingerprint density at radius 3 is 1.43 bits per heavy atom. The molecule has 0 spiro atoms. The number of pyridine rings is 1. The van der Waals surface area contributed by atoms with Gasteiger partial charge in [0, 0.05) is 32.5 Å². The fourth-order valence-electron chi connectivity index (χ4n) is 7.51. The number of aromatic nitrogens is 1. The maximum absolute atomic E-state index is 6.70. The molecule has 0 aliphatic heterocycles. The Balaban J connectivity index is 1.08. The number of fused-ring (bicyclic) bond motifs is 7. The van der Waals surface area contributed by atoms with Crippen molar-refractivity contribution in [3.8, 4) is 55.8 Å². The summed E-state index contributed by atoms with van der Waals surface area (Å²) in [5.74, 6) is 0. The van der Waals surface area contributed by atoms with Crippen molar-refractivity contribution in [1.29, 1.82) is 0 Å². The Bertz CT molecular complexity index is 2810. The molecule has 0 aliphatic carbocycles. The van der Waals surface area contributed by atoms with Gasteiger partial charge in [0.15, 0.2) is 0 Å². The summed E-state index contributed by atoms with van der Waals surface area (Å²) < 4.78 is 6.70. The van der Waals surface area contributed by atoms with Crippen molar-refractivity contribution < 1.29 is 4.42 Å². The number of nitrogens with zero attached hydrogens (tertiary/aromatic N) is 1. The standard InChI is InChI=1S/C49H31NO/c1-4-12-32(13-5-1)38-28-39(33-14-6-2-7-15-33)30-40(29-38)35-22-20-34(21-23-35)37-24-27-46-44(31-37)41-25-26-43-47(49(41)51-46)42-18-10-11-19-45(42)50-48(43)36-16-8-3-9-17-36/h1-31H. The molecule has 2 heterocycles. The zero-order chi connectivity index (χ0) is 33.7. The zero-order valence-corrected chi connectivity index (χ0v) is 27.8. The summed E-state index contributed by atoms with van der Waals surface area (Å²) >= 11 is 0. The zero-order valence-electron chi connectivity index (χ0n) is 27.8. The minimum atomic E-state index is 0.881. The Morgan fingerprint density at radius 2 is 0.804 bits per heavy atom. The molecular weight excluding hydrogens is 619 g/mol. The summed E-state index contributed by atoms with van der Waals surface area (Å²) in [6.45, 7) is 0. The fourth-order valence-corrected chi connectivity index (χ4v) is 7.51. The highest BCUT2D eigenvalue weighted by atomic mass is 16.3. The normalized spacial score (nSPS) is 11.5. The predicted molar refractivity (Wildman–Crippen MR) is 214 cm³/mol. The molecule has 10 rings (SSSR count). The summed E-state index contributed by atoms with van der Waals surface area (Å²) in [4.78, 5) is 5.12. The lowest BCUT2D eigenvalue weighted by Crippen LogP contribution is -1.89. The smallest absolute Gasteiger partial charge is 0.144 e. The molecule has 10 aromatic rings. The van der Waals surface area contributed by atoms with Gasteiger partial charge < -0.3 is 4.42 Å². The number of hydrogen-bond donors (Lipinski definition) is 0. The molecule has 0 saturated heterocycles. The van der Waals surface area contributed by atoms with Gasteiger partial charge in [0.25, 0.3) is 0 Å². The van der Waals surface area contributed by atoms with Crippen molar-refractivity contribution in [2.45, 2.75) is 0 Å². The van der Waals surface area contributed by atoms with E-state index in [1.165, 1.54) is 38.9 Å². The lowest BCUT2D eigenvalue weighted by molar-refractivity contribution is 0.673. The topological polar surface area (TPSA) is 26.0 Å². The first-order chi connectivity index (χ1) is 25.3. The third-order valence-corrected chi connectivity index (χ3v) is 10.0. The van der Waals surface area contributed by atoms with Gasteiger partial charge in [-0.1, -0.05) is 146 Å². The molecule has 0 N–H and O–H groups in total. The lowest BCUT2D eigenvalue weighted by atomic mass is 9.92. The molecule has 51 heavy (non-hydrogen) atoms. The molecule has 0 aliphatic rings. The van der Waals surface area contributed by atoms with Crippen LogP contribution in [-0.2, 0) is 0 Å². The third-order valence-electron chi connectivity index (χ3n) is 10.0. The van der Waals surface area contributed by atoms with Crippen LogP contribution in [0.4, 0.5) is 0 Å². The van der Waals surface area contributed by atoms with Gasteiger partial charge >= 0.3 is 0 Å². The number of benzene rings is 8. The SMILES string of the molecule is c1ccc(-c2cc(-c3ccccc3)cc(-c3ccc(-c4ccc5oc6c(ccc7c(-c8ccccc8)nc8ccccc8c76)c5c4)cc3)c2)cc1. The van der Waals surface area contributed by atoms with Crippen molar-refractivity contribution in [3.63, 3.8) is 0 Å². The quantitative estimate of drug-likeness (QED) is 0.173. The molecule has 0 radical (unpaired) electrons. The first-order valence-electron chi connectivity index (χ1n) is 17.4. The van der Waals surface area contributed by atoms with Gasteiger partial charge in [-0.25, -0.2) is 4.98 Å². The first-order valence-corrected chi connectivity index (χ1v) is 17.4. The molecule has 0 bridgehead atoms. The monoisotopic (exact) mass is 649 g/mol. The van der Waals surface area contributed by atoms with Crippen LogP contribution in [0.15, 0.2) is 192 Å². The molecular formula is C49H31NO. The Kier molecular flexibility index (Phi) is 6.85. The van der Waals surface area contributed by atoms with E-state index in [0.29, 0.717) is 0 Å². The van der Waals surface area contributed by atoms with Gasteiger partial charge in [-0.05, 0) is 87.0 Å². The van der Waals surface area contributed by atoms with Crippen LogP contribution in [0, 0.1) is 0 Å². The van der Waals surface area contributed by atoms with E-state index in [1.807, 2.05) is 6.07 Å². The lowest BCUT2D eigenvalue weighted by Gasteiger charge is -2.12. The molecule has 0 fully saturated rings. The molecule has 0 unspecified atom stereocenters. The summed E-state index contributed by atoms with van der Waals surface area (Å²) in [7, 11) is 0. The number of rotatable bonds is 5. The number of hydrogen-bond acceptors (Lipinski definition) is 2. The minimum absolute atomic E-state index is 0.881. The van der Waals surface area contributed by atoms with Gasteiger partial charge in [-0.2, -0.15) is 0 Å². The minimum Gasteiger partial charge on any atom is -0.455 e. The van der Waals surface area contributed by atoms with Gasteiger partial charge in [0.05, 0.1) is 11.2 Å². The second-order valence-electron chi connectivity index (χ2n) is 13.1. The van der Waals surface area contributed by atoms with E-state index < -0.39 is 0 Å². The van der Waals surface area contributed by atoms with Gasteiger partial charge in [0.1, 0.15) is 11.2 Å². The highest BCUT2D eigenvalue weighted by Crippen LogP contribution is 2.42. The van der Waals surface area contributed by atoms with E-state index in [2.05, 4.69) is 182 Å². The van der Waals surface area contributed by atoms with Crippen LogP contribution in [0.5, 0.6) is 0 Å². The van der Waals surface area contributed by atoms with Crippen LogP contribution in [-0.4, -0.2) is 4.98 Å². The van der Waals surface area contributed by atoms with E-state index in [1.54, 1.807) is 0 Å². The largest absolute Gasteiger partial charge is 0.455 e. The Labute approximate surface area is 295 Å². The second-order valence-corrected chi connectivity index (χ2v) is 13.1. The van der Waals surface area contributed by atoms with Crippen LogP contribution in [0.25, 0.3) is 99.4 Å². The third kappa shape index (κ3) is 5.08. The first kappa shape index (κ1) is 29.2. The van der Waals surface area contributed by atoms with E-state index in [4.69, 9.17) is 9.40 Å². The van der Waals surface area contributed by atoms with Crippen molar-refractivity contribution in [2.24, 2.45) is 0 Å². The Morgan fingerprint density at radius 1 is 0.314 bits per heavy atom. The van der Waals surface area contributed by atoms with Crippen LogP contribution in [0.3, 0.4) is 0 Å². The molecule has 0 atom stereocenters. The van der Waals surface area contributed by atoms with Gasteiger partial charge in [-0.15, -0.1) is 0 Å². The molecule has 238 valence electrons. The van der Waals surface area contributed by atoms with Gasteiger partial charge in [0.2, 0.25) is 0 Å². The predicted octanol–water partition coefficient (Wildman–Crippen LogP) is 13.6. The van der Waals surface area contributed by atoms with Crippen LogP contribution >= 0.6 is 0 Å². The van der Waals surface area contributed by atoms with Crippen molar-refractivity contribution >= 4 is 43.6 Å². The molecule has 2 aromatic heterocycles. The molecule has 8 aromatic carbocycles. The van der Waals surface area contributed by atoms with Gasteiger partial charge in [-0.3, -0.25) is 0 Å². The van der Waals surface area contributed by atoms with E-state index in [9.17, 15) is 0 Å². The van der Waals surface area contributed by atoms with Crippen molar-refractivity contribution in [1.82, 2.24) is 4.98 Å². The van der Waals surface area contributed by atoms with Crippen LogP contribution in [0.2, 0.25) is 0 Å². The van der Waals surface area contributed by atoms with E-state index in [-0.39, 0.29) is 0 Å². The average molecular weight is 650 g/mol. The molecule has 2 nitrogen and oxygen atoms in total. The second kappa shape index (κ2) is 12.0. The molecule has 0 saturated carbocycles. The highest BCUT2D eigenvalue weighted by molar-refractivity contribution is 6.24.